The predicted octanol–water partition coefficient (Wildman–Crippen LogP) is 0.942. The van der Waals surface area contributed by atoms with E-state index >= 15 is 0 Å². The van der Waals surface area contributed by atoms with E-state index in [1.165, 1.54) is 0 Å². The molecule has 0 aliphatic carbocycles. The van der Waals surface area contributed by atoms with Gasteiger partial charge in [0.1, 0.15) is 0 Å². The quantitative estimate of drug-likeness (QED) is 0.894. The zero-order valence-electron chi connectivity index (χ0n) is 12.9. The smallest absolute Gasteiger partial charge is 0.227 e. The lowest BCUT2D eigenvalue weighted by molar-refractivity contribution is -0.140. The number of amides is 1. The van der Waals surface area contributed by atoms with Crippen molar-refractivity contribution in [1.82, 2.24) is 25.2 Å². The van der Waals surface area contributed by atoms with Gasteiger partial charge in [-0.3, -0.25) is 9.48 Å². The molecule has 1 aliphatic heterocycles. The van der Waals surface area contributed by atoms with E-state index in [1.807, 2.05) is 38.9 Å². The summed E-state index contributed by atoms with van der Waals surface area (Å²) in [5.41, 5.74) is 0.681. The molecule has 0 atom stereocenters. The van der Waals surface area contributed by atoms with E-state index < -0.39 is 0 Å². The molecular weight excluding hydrogens is 254 g/mol. The summed E-state index contributed by atoms with van der Waals surface area (Å²) in [5.74, 6) is 0.255. The van der Waals surface area contributed by atoms with Gasteiger partial charge in [-0.25, -0.2) is 0 Å². The lowest BCUT2D eigenvalue weighted by Crippen LogP contribution is -2.48. The Kier molecular flexibility index (Phi) is 4.42. The number of likely N-dealkylation sites (tertiary alicyclic amines) is 1. The van der Waals surface area contributed by atoms with Crippen LogP contribution in [-0.2, 0) is 18.4 Å². The molecule has 1 aromatic heterocycles. The van der Waals surface area contributed by atoms with Gasteiger partial charge < -0.3 is 10.2 Å². The van der Waals surface area contributed by atoms with Crippen LogP contribution >= 0.6 is 0 Å². The van der Waals surface area contributed by atoms with Crippen LogP contribution in [0.1, 0.15) is 39.3 Å². The van der Waals surface area contributed by atoms with Crippen molar-refractivity contribution in [2.75, 3.05) is 13.1 Å². The summed E-state index contributed by atoms with van der Waals surface area (Å²) in [6.45, 7) is 8.36. The Bertz CT molecular complexity index is 454. The summed E-state index contributed by atoms with van der Waals surface area (Å²) < 4.78 is 1.71. The fraction of sp³-hybridized carbons (Fsp3) is 0.786. The molecule has 2 heterocycles. The maximum absolute atomic E-state index is 12.2. The summed E-state index contributed by atoms with van der Waals surface area (Å²) in [7, 11) is 1.87. The van der Waals surface area contributed by atoms with Gasteiger partial charge in [-0.2, -0.15) is 0 Å². The van der Waals surface area contributed by atoms with Crippen LogP contribution < -0.4 is 5.32 Å². The largest absolute Gasteiger partial charge is 0.342 e. The molecule has 0 aromatic carbocycles. The molecule has 1 aliphatic rings. The van der Waals surface area contributed by atoms with Gasteiger partial charge in [0.25, 0.3) is 0 Å². The number of aromatic nitrogens is 3. The second-order valence-corrected chi connectivity index (χ2v) is 6.58. The van der Waals surface area contributed by atoms with Crippen LogP contribution in [0.15, 0.2) is 6.20 Å². The van der Waals surface area contributed by atoms with Crippen molar-refractivity contribution >= 4 is 5.91 Å². The second-order valence-electron chi connectivity index (χ2n) is 6.58. The van der Waals surface area contributed by atoms with Crippen molar-refractivity contribution in [2.45, 2.75) is 46.2 Å². The van der Waals surface area contributed by atoms with Crippen LogP contribution in [0.4, 0.5) is 0 Å². The van der Waals surface area contributed by atoms with Gasteiger partial charge >= 0.3 is 0 Å². The molecule has 0 saturated carbocycles. The van der Waals surface area contributed by atoms with E-state index in [0.717, 1.165) is 38.2 Å². The minimum absolute atomic E-state index is 0.255. The molecule has 0 spiro atoms. The Hall–Kier alpha value is -1.43. The van der Waals surface area contributed by atoms with Crippen molar-refractivity contribution in [3.05, 3.63) is 11.9 Å². The number of nitrogens with zero attached hydrogens (tertiary/aromatic N) is 4. The maximum Gasteiger partial charge on any atom is 0.227 e. The Morgan fingerprint density at radius 2 is 2.05 bits per heavy atom. The molecule has 1 aromatic rings. The van der Waals surface area contributed by atoms with Gasteiger partial charge in [0.05, 0.1) is 5.69 Å². The fourth-order valence-electron chi connectivity index (χ4n) is 2.49. The first-order valence-electron chi connectivity index (χ1n) is 7.24. The van der Waals surface area contributed by atoms with Crippen LogP contribution in [-0.4, -0.2) is 44.9 Å². The Labute approximate surface area is 120 Å². The van der Waals surface area contributed by atoms with Crippen molar-refractivity contribution in [1.29, 1.82) is 0 Å². The van der Waals surface area contributed by atoms with Gasteiger partial charge in [-0.15, -0.1) is 5.10 Å². The van der Waals surface area contributed by atoms with Crippen molar-refractivity contribution in [3.8, 4) is 0 Å². The molecule has 0 unspecified atom stereocenters. The second kappa shape index (κ2) is 5.91. The number of hydrogen-bond donors (Lipinski definition) is 1. The molecule has 0 bridgehead atoms. The lowest BCUT2D eigenvalue weighted by atomic mass is 9.93. The molecule has 6 heteroatoms. The average Bonchev–Trinajstić information content (AvgIpc) is 2.81. The van der Waals surface area contributed by atoms with E-state index in [0.29, 0.717) is 6.04 Å². The summed E-state index contributed by atoms with van der Waals surface area (Å²) in [5, 5.41) is 11.5. The predicted molar refractivity (Wildman–Crippen MR) is 76.9 cm³/mol. The number of nitrogens with one attached hydrogen (secondary N) is 1. The highest BCUT2D eigenvalue weighted by Crippen LogP contribution is 2.21. The topological polar surface area (TPSA) is 63.1 Å². The van der Waals surface area contributed by atoms with E-state index in [-0.39, 0.29) is 11.3 Å². The summed E-state index contributed by atoms with van der Waals surface area (Å²) in [6, 6.07) is 0.459. The summed E-state index contributed by atoms with van der Waals surface area (Å²) >= 11 is 0. The van der Waals surface area contributed by atoms with Crippen LogP contribution in [0.25, 0.3) is 0 Å². The fourth-order valence-corrected chi connectivity index (χ4v) is 2.49. The van der Waals surface area contributed by atoms with Crippen molar-refractivity contribution < 1.29 is 4.79 Å². The zero-order chi connectivity index (χ0) is 14.8. The first-order chi connectivity index (χ1) is 9.36. The van der Waals surface area contributed by atoms with Crippen molar-refractivity contribution in [3.63, 3.8) is 0 Å². The summed E-state index contributed by atoms with van der Waals surface area (Å²) in [4.78, 5) is 14.2. The number of rotatable bonds is 3. The third kappa shape index (κ3) is 3.79. The van der Waals surface area contributed by atoms with Gasteiger partial charge in [-0.1, -0.05) is 26.0 Å². The van der Waals surface area contributed by atoms with Crippen LogP contribution in [0.2, 0.25) is 0 Å². The number of hydrogen-bond acceptors (Lipinski definition) is 4. The molecular formula is C14H25N5O. The van der Waals surface area contributed by atoms with Crippen molar-refractivity contribution in [2.24, 2.45) is 12.5 Å². The van der Waals surface area contributed by atoms with E-state index in [1.54, 1.807) is 4.68 Å². The third-order valence-electron chi connectivity index (χ3n) is 3.65. The highest BCUT2D eigenvalue weighted by Gasteiger charge is 2.30. The molecule has 6 nitrogen and oxygen atoms in total. The molecule has 1 N–H and O–H groups in total. The molecule has 112 valence electrons. The minimum Gasteiger partial charge on any atom is -0.342 e. The number of aryl methyl sites for hydroxylation is 1. The lowest BCUT2D eigenvalue weighted by Gasteiger charge is -2.36. The third-order valence-corrected chi connectivity index (χ3v) is 3.65. The van der Waals surface area contributed by atoms with Crippen LogP contribution in [0.5, 0.6) is 0 Å². The van der Waals surface area contributed by atoms with Gasteiger partial charge in [0.2, 0.25) is 5.91 Å². The van der Waals surface area contributed by atoms with Crippen LogP contribution in [0.3, 0.4) is 0 Å². The molecule has 1 fully saturated rings. The molecule has 0 radical (unpaired) electrons. The Morgan fingerprint density at radius 3 is 2.55 bits per heavy atom. The highest BCUT2D eigenvalue weighted by molar-refractivity contribution is 5.81. The molecule has 20 heavy (non-hydrogen) atoms. The monoisotopic (exact) mass is 279 g/mol. The number of piperidine rings is 1. The first-order valence-corrected chi connectivity index (χ1v) is 7.24. The standard InChI is InChI=1S/C14H25N5O/c1-14(2,3)13(20)19-7-5-11(6-8-19)15-9-12-10-18(4)17-16-12/h10-11,15H,5-9H2,1-4H3. The summed E-state index contributed by atoms with van der Waals surface area (Å²) in [6.07, 6.45) is 3.93. The van der Waals surface area contributed by atoms with Gasteiger partial charge in [0, 0.05) is 44.3 Å². The number of carbonyl (C=O) groups excluding carboxylic acids is 1. The molecule has 1 saturated heterocycles. The Morgan fingerprint density at radius 1 is 1.40 bits per heavy atom. The normalized spacial score (nSPS) is 17.5. The molecule has 1 amide bonds. The first kappa shape index (κ1) is 15.0. The van der Waals surface area contributed by atoms with Gasteiger partial charge in [0.15, 0.2) is 0 Å². The van der Waals surface area contributed by atoms with Crippen LogP contribution in [0, 0.1) is 5.41 Å². The molecule has 2 rings (SSSR count). The number of carbonyl (C=O) groups is 1. The average molecular weight is 279 g/mol. The Balaban J connectivity index is 1.76. The van der Waals surface area contributed by atoms with E-state index in [2.05, 4.69) is 15.6 Å². The SMILES string of the molecule is Cn1cc(CNC2CCN(C(=O)C(C)(C)C)CC2)nn1. The van der Waals surface area contributed by atoms with E-state index in [4.69, 9.17) is 0 Å². The zero-order valence-corrected chi connectivity index (χ0v) is 12.9. The highest BCUT2D eigenvalue weighted by atomic mass is 16.2. The maximum atomic E-state index is 12.2. The minimum atomic E-state index is -0.278. The van der Waals surface area contributed by atoms with Gasteiger partial charge in [-0.05, 0) is 12.8 Å². The van der Waals surface area contributed by atoms with E-state index in [9.17, 15) is 4.79 Å².